The molecule has 0 aromatic heterocycles. The fourth-order valence-electron chi connectivity index (χ4n) is 3.44. The summed E-state index contributed by atoms with van der Waals surface area (Å²) in [4.78, 5) is 16.9. The zero-order valence-corrected chi connectivity index (χ0v) is 12.7. The van der Waals surface area contributed by atoms with Crippen LogP contribution in [0.3, 0.4) is 0 Å². The maximum absolute atomic E-state index is 12.6. The summed E-state index contributed by atoms with van der Waals surface area (Å²) < 4.78 is 5.33. The maximum Gasteiger partial charge on any atom is 0.239 e. The zero-order valence-electron chi connectivity index (χ0n) is 12.7. The highest BCUT2D eigenvalue weighted by Gasteiger charge is 2.31. The summed E-state index contributed by atoms with van der Waals surface area (Å²) >= 11 is 0. The molecular formula is C15H29N3O2. The van der Waals surface area contributed by atoms with Crippen LogP contribution >= 0.6 is 0 Å². The van der Waals surface area contributed by atoms with E-state index in [1.165, 1.54) is 32.1 Å². The van der Waals surface area contributed by atoms with Gasteiger partial charge in [0.1, 0.15) is 0 Å². The van der Waals surface area contributed by atoms with Gasteiger partial charge in [-0.25, -0.2) is 0 Å². The minimum atomic E-state index is -0.0558. The third-order valence-electron chi connectivity index (χ3n) is 4.61. The lowest BCUT2D eigenvalue weighted by atomic mass is 9.93. The highest BCUT2D eigenvalue weighted by molar-refractivity contribution is 5.81. The molecule has 0 spiro atoms. The van der Waals surface area contributed by atoms with Crippen LogP contribution in [0.1, 0.15) is 39.0 Å². The minimum Gasteiger partial charge on any atom is -0.378 e. The molecule has 0 radical (unpaired) electrons. The molecule has 0 bridgehead atoms. The Morgan fingerprint density at radius 3 is 2.55 bits per heavy atom. The second-order valence-corrected chi connectivity index (χ2v) is 5.93. The SMILES string of the molecule is CC(C(=O)N1CCOCC1)N(CCN)C1CCCCC1. The Bertz CT molecular complexity index is 299. The summed E-state index contributed by atoms with van der Waals surface area (Å²) in [6.07, 6.45) is 6.31. The van der Waals surface area contributed by atoms with Crippen LogP contribution in [0.4, 0.5) is 0 Å². The zero-order chi connectivity index (χ0) is 14.4. The van der Waals surface area contributed by atoms with Crippen LogP contribution in [0.2, 0.25) is 0 Å². The molecule has 2 fully saturated rings. The molecule has 2 aliphatic rings. The van der Waals surface area contributed by atoms with E-state index >= 15 is 0 Å². The number of amides is 1. The number of carbonyl (C=O) groups excluding carboxylic acids is 1. The Morgan fingerprint density at radius 2 is 1.95 bits per heavy atom. The fourth-order valence-corrected chi connectivity index (χ4v) is 3.44. The second-order valence-electron chi connectivity index (χ2n) is 5.93. The first-order valence-corrected chi connectivity index (χ1v) is 8.06. The summed E-state index contributed by atoms with van der Waals surface area (Å²) in [5.41, 5.74) is 5.77. The Hall–Kier alpha value is -0.650. The van der Waals surface area contributed by atoms with E-state index in [-0.39, 0.29) is 11.9 Å². The van der Waals surface area contributed by atoms with Gasteiger partial charge in [0.2, 0.25) is 5.91 Å². The number of nitrogens with zero attached hydrogens (tertiary/aromatic N) is 2. The van der Waals surface area contributed by atoms with Gasteiger partial charge in [-0.3, -0.25) is 9.69 Å². The van der Waals surface area contributed by atoms with Gasteiger partial charge in [0, 0.05) is 32.2 Å². The van der Waals surface area contributed by atoms with Crippen LogP contribution in [0, 0.1) is 0 Å². The van der Waals surface area contributed by atoms with Crippen LogP contribution < -0.4 is 5.73 Å². The minimum absolute atomic E-state index is 0.0558. The lowest BCUT2D eigenvalue weighted by molar-refractivity contribution is -0.141. The van der Waals surface area contributed by atoms with Crippen LogP contribution in [0.15, 0.2) is 0 Å². The summed E-state index contributed by atoms with van der Waals surface area (Å²) in [5.74, 6) is 0.243. The smallest absolute Gasteiger partial charge is 0.239 e. The molecule has 1 saturated heterocycles. The van der Waals surface area contributed by atoms with Crippen molar-refractivity contribution in [3.63, 3.8) is 0 Å². The highest BCUT2D eigenvalue weighted by Crippen LogP contribution is 2.24. The first kappa shape index (κ1) is 15.7. The van der Waals surface area contributed by atoms with Gasteiger partial charge in [-0.2, -0.15) is 0 Å². The van der Waals surface area contributed by atoms with E-state index in [4.69, 9.17) is 10.5 Å². The summed E-state index contributed by atoms with van der Waals surface area (Å²) in [7, 11) is 0. The standard InChI is InChI=1S/C15H29N3O2/c1-13(15(19)17-9-11-20-12-10-17)18(8-7-16)14-5-3-2-4-6-14/h13-14H,2-12,16H2,1H3. The van der Waals surface area contributed by atoms with Crippen LogP contribution in [-0.4, -0.2) is 67.2 Å². The third kappa shape index (κ3) is 3.93. The Morgan fingerprint density at radius 1 is 1.30 bits per heavy atom. The summed E-state index contributed by atoms with van der Waals surface area (Å²) in [5, 5.41) is 0. The van der Waals surface area contributed by atoms with Gasteiger partial charge >= 0.3 is 0 Å². The molecule has 1 heterocycles. The molecule has 0 aromatic carbocycles. The Kier molecular flexibility index (Phi) is 6.26. The molecule has 1 atom stereocenters. The molecular weight excluding hydrogens is 254 g/mol. The maximum atomic E-state index is 12.6. The van der Waals surface area contributed by atoms with E-state index < -0.39 is 0 Å². The van der Waals surface area contributed by atoms with Crippen molar-refractivity contribution in [2.45, 2.75) is 51.1 Å². The molecule has 2 N–H and O–H groups in total. The molecule has 20 heavy (non-hydrogen) atoms. The number of morpholine rings is 1. The molecule has 5 heteroatoms. The summed E-state index contributed by atoms with van der Waals surface area (Å²) in [6.45, 7) is 6.27. The van der Waals surface area contributed by atoms with Crippen LogP contribution in [0.5, 0.6) is 0 Å². The van der Waals surface area contributed by atoms with Crippen molar-refractivity contribution in [1.29, 1.82) is 0 Å². The van der Waals surface area contributed by atoms with Crippen LogP contribution in [0.25, 0.3) is 0 Å². The Balaban J connectivity index is 1.97. The van der Waals surface area contributed by atoms with E-state index in [1.807, 2.05) is 11.8 Å². The van der Waals surface area contributed by atoms with Gasteiger partial charge in [0.25, 0.3) is 0 Å². The van der Waals surface area contributed by atoms with Gasteiger partial charge in [-0.15, -0.1) is 0 Å². The number of carbonyl (C=O) groups is 1. The van der Waals surface area contributed by atoms with Gasteiger partial charge < -0.3 is 15.4 Å². The number of hydrogen-bond donors (Lipinski definition) is 1. The second kappa shape index (κ2) is 7.96. The van der Waals surface area contributed by atoms with Gasteiger partial charge in [-0.1, -0.05) is 19.3 Å². The largest absolute Gasteiger partial charge is 0.378 e. The number of rotatable bonds is 5. The number of hydrogen-bond acceptors (Lipinski definition) is 4. The van der Waals surface area contributed by atoms with Gasteiger partial charge in [0.15, 0.2) is 0 Å². The summed E-state index contributed by atoms with van der Waals surface area (Å²) in [6, 6.07) is 0.479. The lowest BCUT2D eigenvalue weighted by Gasteiger charge is -2.40. The third-order valence-corrected chi connectivity index (χ3v) is 4.61. The first-order chi connectivity index (χ1) is 9.74. The molecule has 5 nitrogen and oxygen atoms in total. The molecule has 1 unspecified atom stereocenters. The van der Waals surface area contributed by atoms with Crippen molar-refractivity contribution in [1.82, 2.24) is 9.80 Å². The molecule has 116 valence electrons. The van der Waals surface area contributed by atoms with Gasteiger partial charge in [-0.05, 0) is 19.8 Å². The molecule has 2 rings (SSSR count). The normalized spacial score (nSPS) is 23.1. The van der Waals surface area contributed by atoms with Crippen molar-refractivity contribution < 1.29 is 9.53 Å². The average Bonchev–Trinajstić information content (AvgIpc) is 2.53. The number of nitrogens with two attached hydrogens (primary N) is 1. The Labute approximate surface area is 122 Å². The quantitative estimate of drug-likeness (QED) is 0.812. The first-order valence-electron chi connectivity index (χ1n) is 8.06. The van der Waals surface area contributed by atoms with E-state index in [1.54, 1.807) is 0 Å². The fraction of sp³-hybridized carbons (Fsp3) is 0.933. The van der Waals surface area contributed by atoms with Crippen molar-refractivity contribution in [2.75, 3.05) is 39.4 Å². The molecule has 1 aliphatic carbocycles. The lowest BCUT2D eigenvalue weighted by Crippen LogP contribution is -2.54. The van der Waals surface area contributed by atoms with Gasteiger partial charge in [0.05, 0.1) is 19.3 Å². The van der Waals surface area contributed by atoms with E-state index in [0.717, 1.165) is 19.6 Å². The molecule has 0 aromatic rings. The van der Waals surface area contributed by atoms with Crippen molar-refractivity contribution >= 4 is 5.91 Å². The van der Waals surface area contributed by atoms with E-state index in [0.29, 0.717) is 25.8 Å². The predicted molar refractivity (Wildman–Crippen MR) is 79.5 cm³/mol. The van der Waals surface area contributed by atoms with Crippen molar-refractivity contribution in [3.8, 4) is 0 Å². The van der Waals surface area contributed by atoms with Crippen molar-refractivity contribution in [2.24, 2.45) is 5.73 Å². The van der Waals surface area contributed by atoms with Crippen LogP contribution in [-0.2, 0) is 9.53 Å². The predicted octanol–water partition coefficient (Wildman–Crippen LogP) is 0.827. The monoisotopic (exact) mass is 283 g/mol. The van der Waals surface area contributed by atoms with E-state index in [9.17, 15) is 4.79 Å². The van der Waals surface area contributed by atoms with E-state index in [2.05, 4.69) is 4.90 Å². The topological polar surface area (TPSA) is 58.8 Å². The highest BCUT2D eigenvalue weighted by atomic mass is 16.5. The molecule has 1 amide bonds. The molecule has 1 aliphatic heterocycles. The molecule has 1 saturated carbocycles. The van der Waals surface area contributed by atoms with Crippen molar-refractivity contribution in [3.05, 3.63) is 0 Å². The average molecular weight is 283 g/mol. The number of ether oxygens (including phenoxy) is 1.